The largest absolute Gasteiger partial charge is 0.299 e. The Hall–Kier alpha value is 0.120. The molecule has 8 heteroatoms. The highest BCUT2D eigenvalue weighted by Crippen LogP contribution is 2.67. The third kappa shape index (κ3) is 1.73. The maximum absolute atomic E-state index is 12.4. The second-order valence-corrected chi connectivity index (χ2v) is 8.80. The topological polar surface area (TPSA) is 66.8 Å². The van der Waals surface area contributed by atoms with E-state index in [2.05, 4.69) is 0 Å². The second kappa shape index (κ2) is 4.07. The van der Waals surface area contributed by atoms with E-state index in [0.717, 1.165) is 10.9 Å². The number of fused-ring (bicyclic) bond motifs is 2. The average molecular weight is 328 g/mol. The van der Waals surface area contributed by atoms with Crippen LogP contribution in [0.4, 0.5) is 0 Å². The summed E-state index contributed by atoms with van der Waals surface area (Å²) in [7, 11) is -3.58. The third-order valence-electron chi connectivity index (χ3n) is 5.19. The number of hydroxylamine groups is 1. The summed E-state index contributed by atoms with van der Waals surface area (Å²) in [5, 5.41) is 0. The van der Waals surface area contributed by atoms with Crippen molar-refractivity contribution in [2.75, 3.05) is 12.5 Å². The number of halogens is 2. The summed E-state index contributed by atoms with van der Waals surface area (Å²) in [5.41, 5.74) is -1.63. The lowest BCUT2D eigenvalue weighted by molar-refractivity contribution is -0.128. The number of alkyl halides is 2. The van der Waals surface area contributed by atoms with E-state index in [-0.39, 0.29) is 24.2 Å². The van der Waals surface area contributed by atoms with E-state index in [4.69, 9.17) is 28.0 Å². The van der Waals surface area contributed by atoms with Crippen LogP contribution in [-0.4, -0.2) is 36.0 Å². The summed E-state index contributed by atoms with van der Waals surface area (Å²) in [5.74, 6) is -0.199. The molecule has 3 rings (SSSR count). The number of hydrogen-bond acceptors (Lipinski definition) is 4. The number of Topliss-reactive ketones (excluding diaryl/α,β-unsaturated/α-hetero) is 1. The lowest BCUT2D eigenvalue weighted by Crippen LogP contribution is -2.47. The summed E-state index contributed by atoms with van der Waals surface area (Å²) in [6.07, 6.45) is 1.72. The molecule has 2 aliphatic carbocycles. The first-order valence-corrected chi connectivity index (χ1v) is 8.67. The minimum Gasteiger partial charge on any atom is -0.299 e. The van der Waals surface area contributed by atoms with Gasteiger partial charge in [0.2, 0.25) is 10.0 Å². The average Bonchev–Trinajstić information content (AvgIpc) is 3.09. The number of carbonyl (C=O) groups excluding carboxylic acids is 1. The zero-order valence-corrected chi connectivity index (χ0v) is 12.8. The van der Waals surface area contributed by atoms with Gasteiger partial charge in [0.25, 0.3) is 0 Å². The molecule has 0 amide bonds. The molecule has 0 aromatic rings. The van der Waals surface area contributed by atoms with Crippen LogP contribution < -0.4 is 0 Å². The molecule has 0 N–H and O–H groups in total. The van der Waals surface area contributed by atoms with E-state index in [1.165, 1.54) is 0 Å². The summed E-state index contributed by atoms with van der Waals surface area (Å²) >= 11 is 12.2. The minimum atomic E-state index is -3.58. The summed E-state index contributed by atoms with van der Waals surface area (Å²) < 4.78 is 25.2. The fourth-order valence-electron chi connectivity index (χ4n) is 3.82. The summed E-state index contributed by atoms with van der Waals surface area (Å²) in [4.78, 5) is 16.3. The van der Waals surface area contributed by atoms with Gasteiger partial charge in [-0.15, -0.1) is 23.2 Å². The fourth-order valence-corrected chi connectivity index (χ4v) is 6.34. The van der Waals surface area contributed by atoms with Gasteiger partial charge in [0, 0.05) is 11.8 Å². The minimum absolute atomic E-state index is 0.0250. The van der Waals surface area contributed by atoms with Crippen molar-refractivity contribution in [3.05, 3.63) is 0 Å². The van der Waals surface area contributed by atoms with E-state index >= 15 is 0 Å². The lowest BCUT2D eigenvalue weighted by atomic mass is 9.70. The molecule has 0 radical (unpaired) electrons. The molecule has 5 nitrogen and oxygen atoms in total. The molecule has 3 fully saturated rings. The number of sulfonamides is 1. The van der Waals surface area contributed by atoms with E-state index in [1.54, 1.807) is 0 Å². The molecular weight excluding hydrogens is 313 g/mol. The Morgan fingerprint density at radius 3 is 2.63 bits per heavy atom. The van der Waals surface area contributed by atoms with Crippen molar-refractivity contribution in [1.29, 1.82) is 0 Å². The molecular formula is C11H15Cl2NO4S. The van der Waals surface area contributed by atoms with E-state index in [9.17, 15) is 13.2 Å². The second-order valence-electron chi connectivity index (χ2n) is 5.85. The van der Waals surface area contributed by atoms with E-state index < -0.39 is 25.7 Å². The van der Waals surface area contributed by atoms with Gasteiger partial charge in [-0.25, -0.2) is 8.42 Å². The predicted octanol–water partition coefficient (Wildman–Crippen LogP) is 1.70. The lowest BCUT2D eigenvalue weighted by Gasteiger charge is -2.40. The van der Waals surface area contributed by atoms with Gasteiger partial charge >= 0.3 is 0 Å². The Morgan fingerprint density at radius 1 is 1.53 bits per heavy atom. The van der Waals surface area contributed by atoms with Crippen LogP contribution in [0.3, 0.4) is 0 Å². The van der Waals surface area contributed by atoms with Gasteiger partial charge in [0.1, 0.15) is 10.6 Å². The molecule has 108 valence electrons. The van der Waals surface area contributed by atoms with Crippen LogP contribution in [0.5, 0.6) is 0 Å². The summed E-state index contributed by atoms with van der Waals surface area (Å²) in [6, 6.07) is 0. The Morgan fingerprint density at radius 2 is 2.16 bits per heavy atom. The molecule has 1 aliphatic heterocycles. The zero-order valence-electron chi connectivity index (χ0n) is 10.4. The molecule has 0 spiro atoms. The summed E-state index contributed by atoms with van der Waals surface area (Å²) in [6.45, 7) is 1.91. The first kappa shape index (κ1) is 14.1. The van der Waals surface area contributed by atoms with Crippen LogP contribution in [0.1, 0.15) is 26.2 Å². The number of ketones is 1. The maximum Gasteiger partial charge on any atom is 0.239 e. The molecule has 3 aliphatic rings. The quantitative estimate of drug-likeness (QED) is 0.582. The molecule has 19 heavy (non-hydrogen) atoms. The Labute approximate surface area is 122 Å². The normalized spacial score (nSPS) is 45.2. The van der Waals surface area contributed by atoms with Gasteiger partial charge in [0.15, 0.2) is 6.73 Å². The number of nitrogens with zero attached hydrogens (tertiary/aromatic N) is 1. The van der Waals surface area contributed by atoms with Crippen LogP contribution in [0.2, 0.25) is 0 Å². The molecule has 0 aromatic heterocycles. The smallest absolute Gasteiger partial charge is 0.239 e. The van der Waals surface area contributed by atoms with Crippen molar-refractivity contribution in [1.82, 2.24) is 4.47 Å². The Bertz CT molecular complexity index is 533. The van der Waals surface area contributed by atoms with Gasteiger partial charge in [-0.1, -0.05) is 11.4 Å². The van der Waals surface area contributed by atoms with Gasteiger partial charge in [-0.2, -0.15) is 0 Å². The number of rotatable bonds is 4. The third-order valence-corrected chi connectivity index (χ3v) is 7.79. The van der Waals surface area contributed by atoms with E-state index in [1.807, 2.05) is 6.92 Å². The first-order valence-electron chi connectivity index (χ1n) is 6.19. The molecule has 0 aromatic carbocycles. The van der Waals surface area contributed by atoms with Crippen LogP contribution in [0.25, 0.3) is 0 Å². The highest BCUT2D eigenvalue weighted by atomic mass is 35.5. The Kier molecular flexibility index (Phi) is 3.02. The monoisotopic (exact) mass is 327 g/mol. The number of carbonyl (C=O) groups is 1. The molecule has 4 atom stereocenters. The molecule has 3 unspecified atom stereocenters. The van der Waals surface area contributed by atoms with Gasteiger partial charge in [-0.05, 0) is 18.8 Å². The highest BCUT2D eigenvalue weighted by Gasteiger charge is 2.70. The first-order chi connectivity index (χ1) is 8.74. The van der Waals surface area contributed by atoms with Crippen molar-refractivity contribution in [2.45, 2.75) is 31.0 Å². The van der Waals surface area contributed by atoms with Crippen LogP contribution >= 0.6 is 23.2 Å². The van der Waals surface area contributed by atoms with Crippen LogP contribution in [-0.2, 0) is 19.7 Å². The standard InChI is InChI=1S/C11H15Cl2NO4S/c1-10(9(12)13)7-2-3-11(10,8(15)4-7)5-19(16,17)14-6-18-14/h7,9H,2-6H2,1H3/t7?,10-,11?,14?/m0/s1. The molecule has 1 heterocycles. The maximum atomic E-state index is 12.4. The number of hydrogen-bond donors (Lipinski definition) is 0. The predicted molar refractivity (Wildman–Crippen MR) is 70.0 cm³/mol. The van der Waals surface area contributed by atoms with Gasteiger partial charge in [0.05, 0.1) is 11.2 Å². The van der Waals surface area contributed by atoms with Gasteiger partial charge in [-0.3, -0.25) is 9.63 Å². The van der Waals surface area contributed by atoms with E-state index in [0.29, 0.717) is 12.8 Å². The fraction of sp³-hybridized carbons (Fsp3) is 0.909. The van der Waals surface area contributed by atoms with Gasteiger partial charge < -0.3 is 0 Å². The van der Waals surface area contributed by atoms with Crippen LogP contribution in [0, 0.1) is 16.7 Å². The van der Waals surface area contributed by atoms with Crippen molar-refractivity contribution in [2.24, 2.45) is 16.7 Å². The van der Waals surface area contributed by atoms with Crippen molar-refractivity contribution >= 4 is 39.0 Å². The molecule has 1 saturated heterocycles. The highest BCUT2D eigenvalue weighted by molar-refractivity contribution is 7.89. The Balaban J connectivity index is 2.02. The van der Waals surface area contributed by atoms with Crippen molar-refractivity contribution in [3.63, 3.8) is 0 Å². The SMILES string of the molecule is C[C@@]1(C(Cl)Cl)C2CCC1(CS(=O)(=O)N1CO1)C(=O)C2. The van der Waals surface area contributed by atoms with Crippen LogP contribution in [0.15, 0.2) is 0 Å². The molecule has 2 saturated carbocycles. The molecule has 2 bridgehead atoms. The van der Waals surface area contributed by atoms with Crippen molar-refractivity contribution in [3.8, 4) is 0 Å². The van der Waals surface area contributed by atoms with Crippen molar-refractivity contribution < 1.29 is 18.0 Å². The zero-order chi connectivity index (χ0) is 14.1.